The van der Waals surface area contributed by atoms with Crippen LogP contribution < -0.4 is 0 Å². The van der Waals surface area contributed by atoms with Crippen molar-refractivity contribution in [2.45, 2.75) is 52.7 Å². The van der Waals surface area contributed by atoms with Crippen LogP contribution in [0.4, 0.5) is 8.78 Å². The molecule has 1 amide bonds. The molecule has 2 aliphatic heterocycles. The topological polar surface area (TPSA) is 50.6 Å². The van der Waals surface area contributed by atoms with Crippen LogP contribution in [0.25, 0.3) is 5.69 Å². The van der Waals surface area contributed by atoms with E-state index in [9.17, 15) is 13.6 Å². The summed E-state index contributed by atoms with van der Waals surface area (Å²) in [6.07, 6.45) is 2.44. The van der Waals surface area contributed by atoms with Crippen LogP contribution in [0, 0.1) is 31.4 Å². The van der Waals surface area contributed by atoms with Gasteiger partial charge in [-0.3, -0.25) is 9.69 Å². The minimum atomic E-state index is -0.706. The minimum absolute atomic E-state index is 0.0687. The van der Waals surface area contributed by atoms with E-state index in [-0.39, 0.29) is 23.8 Å². The number of morpholine rings is 1. The van der Waals surface area contributed by atoms with Gasteiger partial charge < -0.3 is 9.64 Å². The van der Waals surface area contributed by atoms with Crippen LogP contribution in [-0.4, -0.2) is 70.4 Å². The first kappa shape index (κ1) is 22.9. The maximum absolute atomic E-state index is 14.3. The molecule has 8 heteroatoms. The molecular weight excluding hydrogens is 414 g/mol. The summed E-state index contributed by atoms with van der Waals surface area (Å²) in [6.45, 7) is 12.1. The third-order valence-corrected chi connectivity index (χ3v) is 6.56. The van der Waals surface area contributed by atoms with Gasteiger partial charge in [-0.1, -0.05) is 0 Å². The van der Waals surface area contributed by atoms with Crippen molar-refractivity contribution in [1.29, 1.82) is 0 Å². The lowest BCUT2D eigenvalue weighted by atomic mass is 9.95. The normalized spacial score (nSPS) is 23.0. The smallest absolute Gasteiger partial charge is 0.257 e. The molecule has 32 heavy (non-hydrogen) atoms. The Balaban J connectivity index is 1.42. The van der Waals surface area contributed by atoms with E-state index in [4.69, 9.17) is 4.74 Å². The molecule has 2 aromatic rings. The van der Waals surface area contributed by atoms with Gasteiger partial charge in [-0.2, -0.15) is 5.10 Å². The molecule has 3 heterocycles. The van der Waals surface area contributed by atoms with Crippen LogP contribution in [0.5, 0.6) is 0 Å². The van der Waals surface area contributed by atoms with E-state index in [1.807, 2.05) is 4.90 Å². The molecule has 174 valence electrons. The van der Waals surface area contributed by atoms with E-state index in [1.54, 1.807) is 13.8 Å². The summed E-state index contributed by atoms with van der Waals surface area (Å²) in [6, 6.07) is 3.36. The molecule has 1 aromatic heterocycles. The first-order chi connectivity index (χ1) is 15.2. The van der Waals surface area contributed by atoms with Crippen LogP contribution >= 0.6 is 0 Å². The Morgan fingerprint density at radius 3 is 2.41 bits per heavy atom. The lowest BCUT2D eigenvalue weighted by Crippen LogP contribution is -2.48. The fourth-order valence-corrected chi connectivity index (χ4v) is 5.12. The summed E-state index contributed by atoms with van der Waals surface area (Å²) < 4.78 is 34.8. The van der Waals surface area contributed by atoms with Gasteiger partial charge in [-0.05, 0) is 58.6 Å². The van der Waals surface area contributed by atoms with Crippen LogP contribution in [0.3, 0.4) is 0 Å². The number of hydrogen-bond donors (Lipinski definition) is 0. The van der Waals surface area contributed by atoms with Crippen molar-refractivity contribution in [2.24, 2.45) is 5.92 Å². The summed E-state index contributed by atoms with van der Waals surface area (Å²) in [5, 5.41) is 4.38. The first-order valence-corrected chi connectivity index (χ1v) is 11.4. The Labute approximate surface area is 188 Å². The second kappa shape index (κ2) is 9.27. The van der Waals surface area contributed by atoms with Crippen LogP contribution in [0.1, 0.15) is 48.4 Å². The van der Waals surface area contributed by atoms with Gasteiger partial charge in [0.1, 0.15) is 11.5 Å². The van der Waals surface area contributed by atoms with Gasteiger partial charge in [-0.15, -0.1) is 0 Å². The summed E-state index contributed by atoms with van der Waals surface area (Å²) >= 11 is 0. The number of amides is 1. The predicted molar refractivity (Wildman–Crippen MR) is 118 cm³/mol. The number of halogens is 2. The molecule has 0 spiro atoms. The molecule has 2 atom stereocenters. The fourth-order valence-electron chi connectivity index (χ4n) is 5.12. The Morgan fingerprint density at radius 1 is 1.12 bits per heavy atom. The molecule has 0 radical (unpaired) electrons. The van der Waals surface area contributed by atoms with E-state index >= 15 is 0 Å². The SMILES string of the molecule is Cc1nn(-c2ccc(F)cc2F)c(C)c1C(=O)N1CCC(CN2CC(C)OC(C)C2)CC1. The van der Waals surface area contributed by atoms with Gasteiger partial charge in [0, 0.05) is 38.8 Å². The summed E-state index contributed by atoms with van der Waals surface area (Å²) in [4.78, 5) is 17.7. The molecule has 0 aliphatic carbocycles. The predicted octanol–water partition coefficient (Wildman–Crippen LogP) is 3.73. The van der Waals surface area contributed by atoms with Gasteiger partial charge in [0.05, 0.1) is 29.2 Å². The van der Waals surface area contributed by atoms with Crippen molar-refractivity contribution in [3.8, 4) is 5.69 Å². The Kier molecular flexibility index (Phi) is 6.62. The molecule has 2 saturated heterocycles. The fraction of sp³-hybridized carbons (Fsp3) is 0.583. The van der Waals surface area contributed by atoms with Crippen molar-refractivity contribution in [3.05, 3.63) is 46.8 Å². The number of nitrogens with zero attached hydrogens (tertiary/aromatic N) is 4. The monoisotopic (exact) mass is 446 g/mol. The van der Waals surface area contributed by atoms with Gasteiger partial charge in [0.2, 0.25) is 0 Å². The van der Waals surface area contributed by atoms with Gasteiger partial charge >= 0.3 is 0 Å². The van der Waals surface area contributed by atoms with Crippen LogP contribution in [0.15, 0.2) is 18.2 Å². The van der Waals surface area contributed by atoms with Gasteiger partial charge in [0.25, 0.3) is 5.91 Å². The van der Waals surface area contributed by atoms with E-state index < -0.39 is 11.6 Å². The van der Waals surface area contributed by atoms with E-state index in [0.29, 0.717) is 36.0 Å². The van der Waals surface area contributed by atoms with E-state index in [2.05, 4.69) is 23.8 Å². The number of likely N-dealkylation sites (tertiary alicyclic amines) is 1. The molecule has 2 fully saturated rings. The second-order valence-corrected chi connectivity index (χ2v) is 9.26. The quantitative estimate of drug-likeness (QED) is 0.718. The van der Waals surface area contributed by atoms with Crippen molar-refractivity contribution < 1.29 is 18.3 Å². The minimum Gasteiger partial charge on any atom is -0.373 e. The summed E-state index contributed by atoms with van der Waals surface area (Å²) in [5.74, 6) is -0.856. The number of carbonyl (C=O) groups is 1. The highest BCUT2D eigenvalue weighted by molar-refractivity contribution is 5.96. The highest BCUT2D eigenvalue weighted by Gasteiger charge is 2.30. The number of aromatic nitrogens is 2. The standard InChI is InChI=1S/C24H32F2N4O2/c1-15-12-28(13-16(2)32-15)14-19-7-9-29(10-8-19)24(31)23-17(3)27-30(18(23)4)22-6-5-20(25)11-21(22)26/h5-6,11,15-16,19H,7-10,12-14H2,1-4H3. The molecule has 0 bridgehead atoms. The lowest BCUT2D eigenvalue weighted by Gasteiger charge is -2.39. The molecule has 6 nitrogen and oxygen atoms in total. The van der Waals surface area contributed by atoms with Crippen LogP contribution in [0.2, 0.25) is 0 Å². The number of aryl methyl sites for hydroxylation is 1. The van der Waals surface area contributed by atoms with Crippen molar-refractivity contribution in [1.82, 2.24) is 19.6 Å². The average molecular weight is 447 g/mol. The molecule has 1 aromatic carbocycles. The maximum Gasteiger partial charge on any atom is 0.257 e. The summed E-state index contributed by atoms with van der Waals surface area (Å²) in [5.41, 5.74) is 1.76. The number of carbonyl (C=O) groups excluding carboxylic acids is 1. The number of piperidine rings is 1. The highest BCUT2D eigenvalue weighted by atomic mass is 19.1. The molecule has 2 aliphatic rings. The average Bonchev–Trinajstić information content (AvgIpc) is 3.01. The molecular formula is C24H32F2N4O2. The zero-order valence-corrected chi connectivity index (χ0v) is 19.3. The van der Waals surface area contributed by atoms with Crippen molar-refractivity contribution >= 4 is 5.91 Å². The Bertz CT molecular complexity index is 975. The zero-order valence-electron chi connectivity index (χ0n) is 19.3. The lowest BCUT2D eigenvalue weighted by molar-refractivity contribution is -0.0728. The largest absolute Gasteiger partial charge is 0.373 e. The molecule has 0 N–H and O–H groups in total. The zero-order chi connectivity index (χ0) is 23.0. The molecule has 4 rings (SSSR count). The van der Waals surface area contributed by atoms with Crippen LogP contribution in [-0.2, 0) is 4.74 Å². The highest BCUT2D eigenvalue weighted by Crippen LogP contribution is 2.26. The first-order valence-electron chi connectivity index (χ1n) is 11.4. The van der Waals surface area contributed by atoms with Gasteiger partial charge in [0.15, 0.2) is 5.82 Å². The summed E-state index contributed by atoms with van der Waals surface area (Å²) in [7, 11) is 0. The maximum atomic E-state index is 14.3. The number of hydrogen-bond acceptors (Lipinski definition) is 4. The van der Waals surface area contributed by atoms with E-state index in [1.165, 1.54) is 16.8 Å². The number of rotatable bonds is 4. The van der Waals surface area contributed by atoms with Gasteiger partial charge in [-0.25, -0.2) is 13.5 Å². The Hall–Kier alpha value is -2.32. The van der Waals surface area contributed by atoms with Crippen molar-refractivity contribution in [2.75, 3.05) is 32.7 Å². The third kappa shape index (κ3) is 4.71. The number of benzene rings is 1. The second-order valence-electron chi connectivity index (χ2n) is 9.26. The van der Waals surface area contributed by atoms with Crippen molar-refractivity contribution in [3.63, 3.8) is 0 Å². The number of ether oxygens (including phenoxy) is 1. The molecule has 2 unspecified atom stereocenters. The third-order valence-electron chi connectivity index (χ3n) is 6.56. The Morgan fingerprint density at radius 2 is 1.78 bits per heavy atom. The van der Waals surface area contributed by atoms with E-state index in [0.717, 1.165) is 38.5 Å². The molecule has 0 saturated carbocycles.